The van der Waals surface area contributed by atoms with Gasteiger partial charge in [-0.15, -0.1) is 0 Å². The van der Waals surface area contributed by atoms with Crippen molar-refractivity contribution in [1.82, 2.24) is 30.7 Å². The van der Waals surface area contributed by atoms with Gasteiger partial charge in [-0.2, -0.15) is 13.9 Å². The van der Waals surface area contributed by atoms with Crippen molar-refractivity contribution in [2.24, 2.45) is 0 Å². The van der Waals surface area contributed by atoms with E-state index in [1.165, 1.54) is 39.8 Å². The molecule has 0 spiro atoms. The van der Waals surface area contributed by atoms with E-state index in [-0.39, 0.29) is 34.5 Å². The molecular weight excluding hydrogens is 777 g/mol. The summed E-state index contributed by atoms with van der Waals surface area (Å²) in [6.07, 6.45) is 3.79. The molecule has 2 aliphatic heterocycles. The Bertz CT molecular complexity index is 1910. The number of hydrogen-bond donors (Lipinski definition) is 4. The minimum atomic E-state index is -5.66. The molecule has 3 amide bonds. The maximum atomic E-state index is 16.1. The molecule has 2 fully saturated rings. The second-order valence-electron chi connectivity index (χ2n) is 14.1. The maximum absolute atomic E-state index is 16.1. The molecule has 0 aliphatic carbocycles. The first-order valence-electron chi connectivity index (χ1n) is 18.5. The van der Waals surface area contributed by atoms with Crippen LogP contribution in [0.15, 0.2) is 36.7 Å². The van der Waals surface area contributed by atoms with E-state index in [0.717, 1.165) is 30.5 Å². The standard InChI is InChI=1S/C36H47F2N6O12P/c1-21(2)55-34(48)51-19-53-57(50,54-20-52-35(49)56-22(3)4)36(37,38)25-9-11-27-24(15-25)16-29(42-27)31(45)43-28-8-6-5-7-26-10-12-30(44(26)33(28)47)32(46)39-14-13-23-17-40-41-18-23/h9,11,15-18,21-22,26,28,30,42H,5-8,10,12-14,19-20H2,1-4H3,(H,39,46)(H,40,41)(H,43,45)/t26?,28-,30+/m1/s1. The predicted molar refractivity (Wildman–Crippen MR) is 196 cm³/mol. The molecular formula is C36H47F2N6O12P. The number of halogens is 2. The molecule has 4 N–H and O–H groups in total. The van der Waals surface area contributed by atoms with Gasteiger partial charge < -0.3 is 39.5 Å². The van der Waals surface area contributed by atoms with E-state index in [0.29, 0.717) is 38.6 Å². The number of rotatable bonds is 16. The van der Waals surface area contributed by atoms with Crippen LogP contribution in [0.4, 0.5) is 18.4 Å². The van der Waals surface area contributed by atoms with Gasteiger partial charge in [0, 0.05) is 35.2 Å². The Balaban J connectivity index is 1.29. The highest BCUT2D eigenvalue weighted by atomic mass is 31.2. The number of carbonyl (C=O) groups is 5. The fourth-order valence-electron chi connectivity index (χ4n) is 6.56. The number of H-pyrrole nitrogens is 2. The first-order valence-corrected chi connectivity index (χ1v) is 20.1. The average molecular weight is 825 g/mol. The van der Waals surface area contributed by atoms with Gasteiger partial charge in [-0.25, -0.2) is 9.59 Å². The molecule has 57 heavy (non-hydrogen) atoms. The number of fused-ring (bicyclic) bond motifs is 2. The van der Waals surface area contributed by atoms with E-state index in [2.05, 4.69) is 35.3 Å². The molecule has 4 heterocycles. The minimum Gasteiger partial charge on any atom is -0.432 e. The fraction of sp³-hybridized carbons (Fsp3) is 0.556. The second-order valence-corrected chi connectivity index (χ2v) is 16.2. The minimum absolute atomic E-state index is 0.0587. The van der Waals surface area contributed by atoms with Crippen molar-refractivity contribution < 1.29 is 65.3 Å². The zero-order valence-electron chi connectivity index (χ0n) is 31.9. The fourth-order valence-corrected chi connectivity index (χ4v) is 7.80. The maximum Gasteiger partial charge on any atom is 0.510 e. The summed E-state index contributed by atoms with van der Waals surface area (Å²) in [5.41, 5.74) is -4.21. The number of aromatic amines is 2. The SMILES string of the molecule is CC(C)OC(=O)OCOP(=O)(OCOC(=O)OC(C)C)C(F)(F)c1ccc2[nH]c(C(=O)N[C@@H]3CCCCC4CC[C@@H](C(=O)NCCc5cn[nH]c5)N4C3=O)cc2c1. The first kappa shape index (κ1) is 43.1. The van der Waals surface area contributed by atoms with Crippen molar-refractivity contribution >= 4 is 48.5 Å². The Morgan fingerprint density at radius 1 is 0.965 bits per heavy atom. The van der Waals surface area contributed by atoms with Crippen LogP contribution in [-0.4, -0.2) is 101 Å². The predicted octanol–water partition coefficient (Wildman–Crippen LogP) is 5.60. The van der Waals surface area contributed by atoms with Gasteiger partial charge in [0.25, 0.3) is 5.91 Å². The second kappa shape index (κ2) is 18.9. The largest absolute Gasteiger partial charge is 0.510 e. The average Bonchev–Trinajstić information content (AvgIpc) is 3.91. The molecule has 21 heteroatoms. The summed E-state index contributed by atoms with van der Waals surface area (Å²) < 4.78 is 74.2. The van der Waals surface area contributed by atoms with Gasteiger partial charge in [0.1, 0.15) is 17.8 Å². The van der Waals surface area contributed by atoms with Crippen LogP contribution >= 0.6 is 7.60 Å². The number of hydrogen-bond acceptors (Lipinski definition) is 13. The lowest BCUT2D eigenvalue weighted by atomic mass is 9.99. The van der Waals surface area contributed by atoms with E-state index >= 15 is 8.78 Å². The molecule has 3 aromatic rings. The lowest BCUT2D eigenvalue weighted by molar-refractivity contribution is -0.142. The Morgan fingerprint density at radius 3 is 2.26 bits per heavy atom. The van der Waals surface area contributed by atoms with Crippen LogP contribution in [0.3, 0.4) is 0 Å². The Kier molecular flexibility index (Phi) is 14.3. The van der Waals surface area contributed by atoms with E-state index in [1.807, 2.05) is 0 Å². The summed E-state index contributed by atoms with van der Waals surface area (Å²) in [6.45, 7) is 3.84. The van der Waals surface area contributed by atoms with E-state index in [9.17, 15) is 28.5 Å². The third-order valence-electron chi connectivity index (χ3n) is 9.23. The van der Waals surface area contributed by atoms with Gasteiger partial charge in [0.2, 0.25) is 25.4 Å². The molecule has 0 radical (unpaired) electrons. The molecule has 1 unspecified atom stereocenters. The van der Waals surface area contributed by atoms with Crippen molar-refractivity contribution in [3.8, 4) is 0 Å². The van der Waals surface area contributed by atoms with Gasteiger partial charge in [-0.1, -0.05) is 18.9 Å². The number of benzene rings is 1. The number of amides is 3. The quantitative estimate of drug-likeness (QED) is 0.0785. The van der Waals surface area contributed by atoms with Gasteiger partial charge in [0.15, 0.2) is 0 Å². The number of nitrogens with zero attached hydrogens (tertiary/aromatic N) is 2. The summed E-state index contributed by atoms with van der Waals surface area (Å²) in [5.74, 6) is -1.34. The third-order valence-corrected chi connectivity index (χ3v) is 11.1. The van der Waals surface area contributed by atoms with Gasteiger partial charge in [0.05, 0.1) is 18.4 Å². The van der Waals surface area contributed by atoms with Crippen LogP contribution in [-0.2, 0) is 54.2 Å². The molecule has 3 atom stereocenters. The summed E-state index contributed by atoms with van der Waals surface area (Å²) in [5, 5.41) is 12.4. The van der Waals surface area contributed by atoms with Crippen LogP contribution in [0.25, 0.3) is 10.9 Å². The molecule has 18 nitrogen and oxygen atoms in total. The molecule has 0 saturated carbocycles. The first-order chi connectivity index (χ1) is 27.1. The smallest absolute Gasteiger partial charge is 0.432 e. The lowest BCUT2D eigenvalue weighted by Gasteiger charge is -2.35. The monoisotopic (exact) mass is 824 g/mol. The lowest BCUT2D eigenvalue weighted by Crippen LogP contribution is -2.56. The van der Waals surface area contributed by atoms with Crippen molar-refractivity contribution in [2.75, 3.05) is 20.1 Å². The van der Waals surface area contributed by atoms with Crippen LogP contribution in [0.5, 0.6) is 0 Å². The van der Waals surface area contributed by atoms with Crippen LogP contribution < -0.4 is 10.6 Å². The van der Waals surface area contributed by atoms with Gasteiger partial charge in [-0.05, 0) is 83.6 Å². The summed E-state index contributed by atoms with van der Waals surface area (Å²) in [7, 11) is -5.66. The van der Waals surface area contributed by atoms with Crippen LogP contribution in [0.2, 0.25) is 0 Å². The molecule has 1 aromatic carbocycles. The van der Waals surface area contributed by atoms with Crippen LogP contribution in [0, 0.1) is 0 Å². The summed E-state index contributed by atoms with van der Waals surface area (Å²) in [6, 6.07) is 2.53. The normalized spacial score (nSPS) is 18.8. The molecule has 2 saturated heterocycles. The Morgan fingerprint density at radius 2 is 1.63 bits per heavy atom. The van der Waals surface area contributed by atoms with Crippen LogP contribution in [0.1, 0.15) is 87.8 Å². The van der Waals surface area contributed by atoms with E-state index < -0.39 is 74.9 Å². The van der Waals surface area contributed by atoms with Gasteiger partial charge in [-0.3, -0.25) is 33.1 Å². The molecule has 312 valence electrons. The molecule has 2 aromatic heterocycles. The molecule has 2 aliphatic rings. The third kappa shape index (κ3) is 10.9. The topological polar surface area (TPSA) is 230 Å². The highest BCUT2D eigenvalue weighted by Crippen LogP contribution is 2.67. The molecule has 0 bridgehead atoms. The number of aromatic nitrogens is 3. The number of ether oxygens (including phenoxy) is 4. The van der Waals surface area contributed by atoms with Crippen molar-refractivity contribution in [1.29, 1.82) is 0 Å². The number of carbonyl (C=O) groups excluding carboxylic acids is 5. The Labute approximate surface area is 326 Å². The Hall–Kier alpha value is -5.07. The van der Waals surface area contributed by atoms with Crippen molar-refractivity contribution in [3.63, 3.8) is 0 Å². The van der Waals surface area contributed by atoms with Gasteiger partial charge >= 0.3 is 25.6 Å². The zero-order chi connectivity index (χ0) is 41.3. The van der Waals surface area contributed by atoms with E-state index in [4.69, 9.17) is 18.5 Å². The summed E-state index contributed by atoms with van der Waals surface area (Å²) >= 11 is 0. The zero-order valence-corrected chi connectivity index (χ0v) is 32.8. The van der Waals surface area contributed by atoms with Crippen molar-refractivity contribution in [2.45, 2.75) is 109 Å². The molecule has 5 rings (SSSR count). The van der Waals surface area contributed by atoms with E-state index in [1.54, 1.807) is 17.3 Å². The number of alkyl halides is 2. The van der Waals surface area contributed by atoms with Crippen molar-refractivity contribution in [3.05, 3.63) is 53.5 Å². The highest BCUT2D eigenvalue weighted by molar-refractivity contribution is 7.54. The summed E-state index contributed by atoms with van der Waals surface area (Å²) in [4.78, 5) is 68.8. The number of nitrogens with one attached hydrogen (secondary N) is 4. The highest BCUT2D eigenvalue weighted by Gasteiger charge is 2.56.